The molecular weight excluding hydrogens is 208 g/mol. The van der Waals surface area contributed by atoms with Crippen LogP contribution in [-0.4, -0.2) is 38.2 Å². The lowest BCUT2D eigenvalue weighted by Gasteiger charge is -2.49. The number of amides is 1. The summed E-state index contributed by atoms with van der Waals surface area (Å²) in [5.74, 6) is -0.101. The standard InChI is InChI=1S/C10H16N4O2/c1-10(2)7(5-8(10)15)12-9(16)6-14-4-3-11-13-14/h3-4,7-8,15H,5-6H2,1-2H3,(H,12,16). The molecule has 1 aliphatic carbocycles. The van der Waals surface area contributed by atoms with E-state index in [9.17, 15) is 9.90 Å². The first-order valence-corrected chi connectivity index (χ1v) is 5.31. The Balaban J connectivity index is 1.85. The highest BCUT2D eigenvalue weighted by atomic mass is 16.3. The molecule has 1 aromatic heterocycles. The second-order valence-electron chi connectivity index (χ2n) is 4.79. The van der Waals surface area contributed by atoms with Crippen LogP contribution in [0.3, 0.4) is 0 Å². The second kappa shape index (κ2) is 3.86. The molecule has 0 aliphatic heterocycles. The van der Waals surface area contributed by atoms with Crippen molar-refractivity contribution in [2.75, 3.05) is 0 Å². The summed E-state index contributed by atoms with van der Waals surface area (Å²) < 4.78 is 1.47. The smallest absolute Gasteiger partial charge is 0.242 e. The van der Waals surface area contributed by atoms with E-state index in [1.165, 1.54) is 10.9 Å². The van der Waals surface area contributed by atoms with Gasteiger partial charge in [-0.05, 0) is 6.42 Å². The van der Waals surface area contributed by atoms with Gasteiger partial charge in [-0.2, -0.15) is 0 Å². The molecule has 0 aromatic carbocycles. The van der Waals surface area contributed by atoms with Gasteiger partial charge in [0.25, 0.3) is 0 Å². The Morgan fingerprint density at radius 1 is 1.69 bits per heavy atom. The summed E-state index contributed by atoms with van der Waals surface area (Å²) in [6.45, 7) is 4.06. The molecule has 1 aromatic rings. The first-order chi connectivity index (χ1) is 7.50. The first kappa shape index (κ1) is 11.1. The third-order valence-corrected chi connectivity index (χ3v) is 3.33. The molecule has 2 atom stereocenters. The highest BCUT2D eigenvalue weighted by molar-refractivity contribution is 5.76. The zero-order chi connectivity index (χ0) is 11.8. The average Bonchev–Trinajstić information content (AvgIpc) is 2.70. The van der Waals surface area contributed by atoms with Gasteiger partial charge >= 0.3 is 0 Å². The minimum Gasteiger partial charge on any atom is -0.392 e. The number of aliphatic hydroxyl groups is 1. The summed E-state index contributed by atoms with van der Waals surface area (Å²) in [5.41, 5.74) is -0.238. The lowest BCUT2D eigenvalue weighted by Crippen LogP contribution is -2.61. The van der Waals surface area contributed by atoms with Crippen LogP contribution in [0.2, 0.25) is 0 Å². The Bertz CT molecular complexity index is 374. The summed E-state index contributed by atoms with van der Waals surface area (Å²) >= 11 is 0. The molecule has 16 heavy (non-hydrogen) atoms. The van der Waals surface area contributed by atoms with Gasteiger partial charge in [-0.25, -0.2) is 4.68 Å². The molecule has 0 radical (unpaired) electrons. The molecule has 1 fully saturated rings. The van der Waals surface area contributed by atoms with E-state index in [0.29, 0.717) is 6.42 Å². The van der Waals surface area contributed by atoms with Crippen LogP contribution in [-0.2, 0) is 11.3 Å². The van der Waals surface area contributed by atoms with Crippen LogP contribution in [0, 0.1) is 5.41 Å². The lowest BCUT2D eigenvalue weighted by molar-refractivity contribution is -0.130. The minimum absolute atomic E-state index is 0.0403. The third-order valence-electron chi connectivity index (χ3n) is 3.33. The molecule has 0 spiro atoms. The fourth-order valence-corrected chi connectivity index (χ4v) is 1.85. The fraction of sp³-hybridized carbons (Fsp3) is 0.700. The number of carbonyl (C=O) groups is 1. The van der Waals surface area contributed by atoms with E-state index in [1.807, 2.05) is 13.8 Å². The second-order valence-corrected chi connectivity index (χ2v) is 4.79. The van der Waals surface area contributed by atoms with Crippen LogP contribution in [0.4, 0.5) is 0 Å². The molecule has 2 N–H and O–H groups in total. The highest BCUT2D eigenvalue weighted by Gasteiger charge is 2.47. The van der Waals surface area contributed by atoms with E-state index in [2.05, 4.69) is 15.6 Å². The van der Waals surface area contributed by atoms with Crippen LogP contribution in [0.1, 0.15) is 20.3 Å². The molecule has 6 nitrogen and oxygen atoms in total. The van der Waals surface area contributed by atoms with Crippen LogP contribution in [0.25, 0.3) is 0 Å². The lowest BCUT2D eigenvalue weighted by atomic mass is 9.64. The quantitative estimate of drug-likeness (QED) is 0.729. The van der Waals surface area contributed by atoms with Crippen LogP contribution >= 0.6 is 0 Å². The molecule has 6 heteroatoms. The molecular formula is C10H16N4O2. The number of aliphatic hydroxyl groups excluding tert-OH is 1. The van der Waals surface area contributed by atoms with Gasteiger partial charge in [0, 0.05) is 17.7 Å². The third kappa shape index (κ3) is 1.92. The van der Waals surface area contributed by atoms with E-state index in [-0.39, 0.29) is 30.0 Å². The monoisotopic (exact) mass is 224 g/mol. The number of aromatic nitrogens is 3. The van der Waals surface area contributed by atoms with Crippen LogP contribution in [0.5, 0.6) is 0 Å². The van der Waals surface area contributed by atoms with Crippen molar-refractivity contribution in [3.05, 3.63) is 12.4 Å². The van der Waals surface area contributed by atoms with E-state index in [1.54, 1.807) is 6.20 Å². The largest absolute Gasteiger partial charge is 0.392 e. The number of nitrogens with zero attached hydrogens (tertiary/aromatic N) is 3. The van der Waals surface area contributed by atoms with Gasteiger partial charge in [0.15, 0.2) is 0 Å². The number of hydrogen-bond acceptors (Lipinski definition) is 4. The van der Waals surface area contributed by atoms with E-state index >= 15 is 0 Å². The minimum atomic E-state index is -0.329. The maximum Gasteiger partial charge on any atom is 0.242 e. The maximum absolute atomic E-state index is 11.6. The number of nitrogens with one attached hydrogen (secondary N) is 1. The SMILES string of the molecule is CC1(C)C(O)CC1NC(=O)Cn1ccnn1. The Morgan fingerprint density at radius 2 is 2.44 bits per heavy atom. The van der Waals surface area contributed by atoms with Crippen molar-refractivity contribution in [1.82, 2.24) is 20.3 Å². The van der Waals surface area contributed by atoms with Crippen molar-refractivity contribution in [3.63, 3.8) is 0 Å². The Morgan fingerprint density at radius 3 is 2.94 bits per heavy atom. The topological polar surface area (TPSA) is 80.0 Å². The Kier molecular flexibility index (Phi) is 2.67. The van der Waals surface area contributed by atoms with E-state index < -0.39 is 0 Å². The van der Waals surface area contributed by atoms with Gasteiger partial charge in [-0.1, -0.05) is 19.1 Å². The molecule has 0 bridgehead atoms. The summed E-state index contributed by atoms with van der Waals surface area (Å²) in [5, 5.41) is 19.8. The van der Waals surface area contributed by atoms with E-state index in [4.69, 9.17) is 0 Å². The Hall–Kier alpha value is -1.43. The van der Waals surface area contributed by atoms with Gasteiger partial charge < -0.3 is 10.4 Å². The number of rotatable bonds is 3. The Labute approximate surface area is 93.6 Å². The van der Waals surface area contributed by atoms with E-state index in [0.717, 1.165) is 0 Å². The zero-order valence-electron chi connectivity index (χ0n) is 9.42. The van der Waals surface area contributed by atoms with Crippen LogP contribution in [0.15, 0.2) is 12.4 Å². The first-order valence-electron chi connectivity index (χ1n) is 5.31. The van der Waals surface area contributed by atoms with Crippen LogP contribution < -0.4 is 5.32 Å². The predicted molar refractivity (Wildman–Crippen MR) is 56.4 cm³/mol. The maximum atomic E-state index is 11.6. The molecule has 2 rings (SSSR count). The predicted octanol–water partition coefficient (Wildman–Crippen LogP) is -0.446. The van der Waals surface area contributed by atoms with Crippen molar-refractivity contribution < 1.29 is 9.90 Å². The van der Waals surface area contributed by atoms with Crippen molar-refractivity contribution in [2.24, 2.45) is 5.41 Å². The normalized spacial score (nSPS) is 27.2. The van der Waals surface area contributed by atoms with Gasteiger partial charge in [-0.15, -0.1) is 5.10 Å². The van der Waals surface area contributed by atoms with Crippen molar-refractivity contribution in [2.45, 2.75) is 39.0 Å². The van der Waals surface area contributed by atoms with Gasteiger partial charge in [-0.3, -0.25) is 4.79 Å². The summed E-state index contributed by atoms with van der Waals surface area (Å²) in [6, 6.07) is 0.0403. The summed E-state index contributed by atoms with van der Waals surface area (Å²) in [7, 11) is 0. The molecule has 0 saturated heterocycles. The fourth-order valence-electron chi connectivity index (χ4n) is 1.85. The molecule has 2 unspecified atom stereocenters. The van der Waals surface area contributed by atoms with Crippen molar-refractivity contribution >= 4 is 5.91 Å². The molecule has 1 aliphatic rings. The van der Waals surface area contributed by atoms with Gasteiger partial charge in [0.2, 0.25) is 5.91 Å². The number of carbonyl (C=O) groups excluding carboxylic acids is 1. The molecule has 88 valence electrons. The van der Waals surface area contributed by atoms with Crippen molar-refractivity contribution in [3.8, 4) is 0 Å². The number of hydrogen-bond donors (Lipinski definition) is 2. The van der Waals surface area contributed by atoms with Crippen molar-refractivity contribution in [1.29, 1.82) is 0 Å². The molecule has 1 saturated carbocycles. The average molecular weight is 224 g/mol. The summed E-state index contributed by atoms with van der Waals surface area (Å²) in [6.07, 6.45) is 3.46. The molecule has 1 heterocycles. The molecule has 1 amide bonds. The van der Waals surface area contributed by atoms with Gasteiger partial charge in [0.1, 0.15) is 6.54 Å². The highest BCUT2D eigenvalue weighted by Crippen LogP contribution is 2.40. The summed E-state index contributed by atoms with van der Waals surface area (Å²) in [4.78, 5) is 11.6. The zero-order valence-corrected chi connectivity index (χ0v) is 9.42. The van der Waals surface area contributed by atoms with Gasteiger partial charge in [0.05, 0.1) is 12.3 Å².